The second kappa shape index (κ2) is 16.7. The van der Waals surface area contributed by atoms with Crippen molar-refractivity contribution in [1.29, 1.82) is 0 Å². The van der Waals surface area contributed by atoms with Crippen LogP contribution in [-0.4, -0.2) is 47.8 Å². The number of ether oxygens (including phenoxy) is 4. The Morgan fingerprint density at radius 2 is 0.850 bits per heavy atom. The van der Waals surface area contributed by atoms with Gasteiger partial charge in [0.25, 0.3) is 0 Å². The van der Waals surface area contributed by atoms with Crippen LogP contribution in [-0.2, 0) is 45.4 Å². The number of hydrogen-bond donors (Lipinski definition) is 2. The van der Waals surface area contributed by atoms with E-state index in [1.165, 1.54) is 0 Å². The lowest BCUT2D eigenvalue weighted by Crippen LogP contribution is -2.51. The molecule has 4 atom stereocenters. The monoisotopic (exact) mass is 542 g/mol. The van der Waals surface area contributed by atoms with Gasteiger partial charge in [-0.2, -0.15) is 0 Å². The third-order valence-corrected chi connectivity index (χ3v) is 6.53. The third kappa shape index (κ3) is 9.68. The smallest absolute Gasteiger partial charge is 0.115 e. The summed E-state index contributed by atoms with van der Waals surface area (Å²) in [5.41, 5.74) is 3.96. The van der Waals surface area contributed by atoms with Gasteiger partial charge < -0.3 is 29.2 Å². The molecule has 0 unspecified atom stereocenters. The molecule has 4 aromatic carbocycles. The Bertz CT molecular complexity index is 1190. The molecule has 0 heterocycles. The van der Waals surface area contributed by atoms with E-state index < -0.39 is 31.0 Å². The zero-order chi connectivity index (χ0) is 27.8. The molecule has 0 saturated carbocycles. The Hall–Kier alpha value is -3.36. The predicted molar refractivity (Wildman–Crippen MR) is 154 cm³/mol. The topological polar surface area (TPSA) is 77.4 Å². The van der Waals surface area contributed by atoms with Crippen molar-refractivity contribution in [3.05, 3.63) is 144 Å². The van der Waals surface area contributed by atoms with Crippen LogP contribution < -0.4 is 0 Å². The summed E-state index contributed by atoms with van der Waals surface area (Å²) in [6, 6.07) is 39.3. The first-order valence-electron chi connectivity index (χ1n) is 13.6. The Morgan fingerprint density at radius 1 is 0.475 bits per heavy atom. The van der Waals surface area contributed by atoms with Crippen LogP contribution in [0, 0.1) is 0 Å². The molecule has 4 rings (SSSR count). The van der Waals surface area contributed by atoms with Gasteiger partial charge in [-0.15, -0.1) is 0 Å². The molecule has 0 amide bonds. The molecule has 0 radical (unpaired) electrons. The minimum Gasteiger partial charge on any atom is -0.394 e. The Labute approximate surface area is 236 Å². The lowest BCUT2D eigenvalue weighted by Gasteiger charge is -2.35. The van der Waals surface area contributed by atoms with E-state index in [0.29, 0.717) is 13.2 Å². The lowest BCUT2D eigenvalue weighted by atomic mass is 10.0. The number of aliphatic hydroxyl groups is 2. The van der Waals surface area contributed by atoms with Crippen molar-refractivity contribution in [3.8, 4) is 0 Å². The second-order valence-electron chi connectivity index (χ2n) is 9.61. The van der Waals surface area contributed by atoms with E-state index in [2.05, 4.69) is 0 Å². The van der Waals surface area contributed by atoms with E-state index >= 15 is 0 Å². The summed E-state index contributed by atoms with van der Waals surface area (Å²) in [5, 5.41) is 20.9. The van der Waals surface area contributed by atoms with Crippen LogP contribution in [0.2, 0.25) is 0 Å². The molecule has 210 valence electrons. The number of aliphatic hydroxyl groups excluding tert-OH is 2. The standard InChI is InChI=1S/C34H38O6/c35-21-31(36)33(39-24-29-17-9-3-10-18-29)34(40-25-30-19-11-4-12-20-30)32(38-23-28-15-7-2-8-16-28)26-37-22-27-13-5-1-6-14-27/h1-20,31-36H,21-26H2/t31-,32+,33-,34-/m1/s1. The number of rotatable bonds is 17. The molecule has 40 heavy (non-hydrogen) atoms. The average molecular weight is 543 g/mol. The molecule has 0 fully saturated rings. The van der Waals surface area contributed by atoms with Crippen molar-refractivity contribution in [2.75, 3.05) is 13.2 Å². The van der Waals surface area contributed by atoms with E-state index in [9.17, 15) is 10.2 Å². The third-order valence-electron chi connectivity index (χ3n) is 6.53. The maximum absolute atomic E-state index is 10.9. The summed E-state index contributed by atoms with van der Waals surface area (Å²) < 4.78 is 25.3. The van der Waals surface area contributed by atoms with Gasteiger partial charge in [0.1, 0.15) is 24.4 Å². The summed E-state index contributed by atoms with van der Waals surface area (Å²) in [6.07, 6.45) is -3.42. The highest BCUT2D eigenvalue weighted by atomic mass is 16.6. The molecule has 0 saturated heterocycles. The van der Waals surface area contributed by atoms with E-state index in [1.54, 1.807) is 0 Å². The number of hydrogen-bond acceptors (Lipinski definition) is 6. The molecule has 2 N–H and O–H groups in total. The summed E-state index contributed by atoms with van der Waals surface area (Å²) >= 11 is 0. The molecule has 6 heteroatoms. The highest BCUT2D eigenvalue weighted by Crippen LogP contribution is 2.22. The lowest BCUT2D eigenvalue weighted by molar-refractivity contribution is -0.195. The fraction of sp³-hybridized carbons (Fsp3) is 0.294. The van der Waals surface area contributed by atoms with Gasteiger partial charge in [0, 0.05) is 0 Å². The quantitative estimate of drug-likeness (QED) is 0.188. The van der Waals surface area contributed by atoms with Crippen LogP contribution in [0.5, 0.6) is 0 Å². The molecule has 0 aliphatic heterocycles. The van der Waals surface area contributed by atoms with Crippen molar-refractivity contribution in [1.82, 2.24) is 0 Å². The first-order chi connectivity index (χ1) is 19.7. The second-order valence-corrected chi connectivity index (χ2v) is 9.61. The van der Waals surface area contributed by atoms with Gasteiger partial charge in [0.2, 0.25) is 0 Å². The molecule has 0 aliphatic rings. The van der Waals surface area contributed by atoms with Crippen molar-refractivity contribution in [3.63, 3.8) is 0 Å². The van der Waals surface area contributed by atoms with Crippen LogP contribution in [0.3, 0.4) is 0 Å². The minimum absolute atomic E-state index is 0.199. The van der Waals surface area contributed by atoms with Crippen molar-refractivity contribution in [2.45, 2.75) is 50.8 Å². The van der Waals surface area contributed by atoms with E-state index in [0.717, 1.165) is 22.3 Å². The molecule has 6 nitrogen and oxygen atoms in total. The summed E-state index contributed by atoms with van der Waals surface area (Å²) in [7, 11) is 0. The molecular weight excluding hydrogens is 504 g/mol. The maximum Gasteiger partial charge on any atom is 0.115 e. The summed E-state index contributed by atoms with van der Waals surface area (Å²) in [4.78, 5) is 0. The van der Waals surface area contributed by atoms with Gasteiger partial charge in [-0.25, -0.2) is 0 Å². The highest BCUT2D eigenvalue weighted by Gasteiger charge is 2.37. The molecular formula is C34H38O6. The highest BCUT2D eigenvalue weighted by molar-refractivity contribution is 5.16. The van der Waals surface area contributed by atoms with Crippen LogP contribution in [0.15, 0.2) is 121 Å². The Balaban J connectivity index is 1.57. The molecule has 0 bridgehead atoms. The van der Waals surface area contributed by atoms with E-state index in [4.69, 9.17) is 18.9 Å². The Morgan fingerprint density at radius 3 is 1.27 bits per heavy atom. The maximum atomic E-state index is 10.9. The van der Waals surface area contributed by atoms with Gasteiger partial charge in [-0.3, -0.25) is 0 Å². The van der Waals surface area contributed by atoms with Crippen molar-refractivity contribution < 1.29 is 29.2 Å². The van der Waals surface area contributed by atoms with Gasteiger partial charge in [0.05, 0.1) is 39.6 Å². The molecule has 4 aromatic rings. The van der Waals surface area contributed by atoms with E-state index in [-0.39, 0.29) is 19.8 Å². The van der Waals surface area contributed by atoms with Gasteiger partial charge in [0.15, 0.2) is 0 Å². The molecule has 0 aromatic heterocycles. The normalized spacial score (nSPS) is 14.3. The zero-order valence-corrected chi connectivity index (χ0v) is 22.6. The number of benzene rings is 4. The first kappa shape index (κ1) is 29.6. The zero-order valence-electron chi connectivity index (χ0n) is 22.6. The Kier molecular flexibility index (Phi) is 12.3. The molecule has 0 spiro atoms. The summed E-state index contributed by atoms with van der Waals surface area (Å²) in [6.45, 7) is 0.954. The van der Waals surface area contributed by atoms with Crippen LogP contribution >= 0.6 is 0 Å². The van der Waals surface area contributed by atoms with Gasteiger partial charge in [-0.05, 0) is 22.3 Å². The minimum atomic E-state index is -1.19. The van der Waals surface area contributed by atoms with Crippen molar-refractivity contribution >= 4 is 0 Å². The van der Waals surface area contributed by atoms with E-state index in [1.807, 2.05) is 121 Å². The SMILES string of the molecule is OC[C@@H](O)[C@@H](OCc1ccccc1)[C@H](OCc1ccccc1)[C@H](COCc1ccccc1)OCc1ccccc1. The van der Waals surface area contributed by atoms with Gasteiger partial charge >= 0.3 is 0 Å². The fourth-order valence-corrected chi connectivity index (χ4v) is 4.36. The van der Waals surface area contributed by atoms with Crippen molar-refractivity contribution in [2.24, 2.45) is 0 Å². The largest absolute Gasteiger partial charge is 0.394 e. The average Bonchev–Trinajstić information content (AvgIpc) is 3.02. The molecule has 0 aliphatic carbocycles. The van der Waals surface area contributed by atoms with Crippen LogP contribution in [0.1, 0.15) is 22.3 Å². The summed E-state index contributed by atoms with van der Waals surface area (Å²) in [5.74, 6) is 0. The van der Waals surface area contributed by atoms with Crippen LogP contribution in [0.4, 0.5) is 0 Å². The first-order valence-corrected chi connectivity index (χ1v) is 13.6. The van der Waals surface area contributed by atoms with Crippen LogP contribution in [0.25, 0.3) is 0 Å². The predicted octanol–water partition coefficient (Wildman–Crippen LogP) is 5.31. The van der Waals surface area contributed by atoms with Gasteiger partial charge in [-0.1, -0.05) is 121 Å². The fourth-order valence-electron chi connectivity index (χ4n) is 4.36.